The highest BCUT2D eigenvalue weighted by atomic mass is 19.1. The Morgan fingerprint density at radius 2 is 1.50 bits per heavy atom. The van der Waals surface area contributed by atoms with Crippen LogP contribution in [-0.4, -0.2) is 0 Å². The Morgan fingerprint density at radius 3 is 2.11 bits per heavy atom. The number of allylic oxidation sites excluding steroid dienone is 2. The largest absolute Gasteiger partial charge is 0.196 e. The minimum atomic E-state index is -0.629. The molecular weight excluding hydrogens is 345 g/mol. The number of benzene rings is 1. The summed E-state index contributed by atoms with van der Waals surface area (Å²) in [6, 6.07) is 10.9. The first-order valence-corrected chi connectivity index (χ1v) is 11.5. The van der Waals surface area contributed by atoms with Gasteiger partial charge in [0.15, 0.2) is 5.83 Å². The van der Waals surface area contributed by atoms with Crippen molar-refractivity contribution in [1.29, 1.82) is 5.26 Å². The molecule has 0 radical (unpaired) electrons. The Labute approximate surface area is 172 Å². The van der Waals surface area contributed by atoms with Crippen LogP contribution in [0.1, 0.15) is 95.1 Å². The molecule has 154 valence electrons. The molecule has 1 nitrogen and oxygen atoms in total. The molecule has 0 aliphatic heterocycles. The van der Waals surface area contributed by atoms with Crippen LogP contribution in [0.4, 0.5) is 4.39 Å². The van der Waals surface area contributed by atoms with Gasteiger partial charge < -0.3 is 0 Å². The Morgan fingerprint density at radius 1 is 0.929 bits per heavy atom. The van der Waals surface area contributed by atoms with E-state index in [-0.39, 0.29) is 0 Å². The Balaban J connectivity index is 1.60. The first-order valence-electron chi connectivity index (χ1n) is 11.5. The van der Waals surface area contributed by atoms with E-state index in [1.807, 2.05) is 0 Å². The third-order valence-electron chi connectivity index (χ3n) is 6.40. The van der Waals surface area contributed by atoms with E-state index in [1.165, 1.54) is 94.3 Å². The molecule has 0 unspecified atom stereocenters. The fourth-order valence-electron chi connectivity index (χ4n) is 4.48. The molecule has 2 rings (SSSR count). The lowest BCUT2D eigenvalue weighted by Gasteiger charge is -2.28. The molecule has 0 atom stereocenters. The van der Waals surface area contributed by atoms with Crippen molar-refractivity contribution in [2.75, 3.05) is 0 Å². The lowest BCUT2D eigenvalue weighted by Crippen LogP contribution is -2.15. The van der Waals surface area contributed by atoms with Gasteiger partial charge in [-0.2, -0.15) is 9.65 Å². The number of nitrogens with zero attached hydrogens (tertiary/aromatic N) is 1. The zero-order valence-corrected chi connectivity index (χ0v) is 17.8. The molecule has 0 spiro atoms. The smallest absolute Gasteiger partial charge is 0.195 e. The van der Waals surface area contributed by atoms with Crippen LogP contribution in [0.2, 0.25) is 0 Å². The number of nitriles is 1. The van der Waals surface area contributed by atoms with Gasteiger partial charge in [0, 0.05) is 0 Å². The summed E-state index contributed by atoms with van der Waals surface area (Å²) < 4.78 is 12.8. The first kappa shape index (κ1) is 22.7. The average molecular weight is 384 g/mol. The van der Waals surface area contributed by atoms with Gasteiger partial charge in [-0.3, -0.25) is 0 Å². The number of halogens is 1. The van der Waals surface area contributed by atoms with Gasteiger partial charge in [-0.05, 0) is 67.6 Å². The highest BCUT2D eigenvalue weighted by Gasteiger charge is 2.20. The summed E-state index contributed by atoms with van der Waals surface area (Å²) in [7, 11) is 0. The van der Waals surface area contributed by atoms with Crippen LogP contribution in [0.25, 0.3) is 0 Å². The van der Waals surface area contributed by atoms with Gasteiger partial charge in [-0.1, -0.05) is 82.6 Å². The topological polar surface area (TPSA) is 23.8 Å². The molecule has 1 aliphatic carbocycles. The number of hydrogen-bond acceptors (Lipinski definition) is 1. The monoisotopic (exact) mass is 383 g/mol. The molecular formula is C26H38FN. The van der Waals surface area contributed by atoms with E-state index in [0.29, 0.717) is 6.42 Å². The van der Waals surface area contributed by atoms with Gasteiger partial charge in [0.05, 0.1) is 0 Å². The van der Waals surface area contributed by atoms with E-state index >= 15 is 0 Å². The Bertz CT molecular complexity index is 602. The molecule has 0 heterocycles. The predicted molar refractivity (Wildman–Crippen MR) is 117 cm³/mol. The van der Waals surface area contributed by atoms with Crippen molar-refractivity contribution in [2.45, 2.75) is 96.8 Å². The molecule has 1 aliphatic rings. The molecule has 2 heteroatoms. The molecule has 0 saturated heterocycles. The molecule has 1 aromatic carbocycles. The number of hydrogen-bond donors (Lipinski definition) is 0. The summed E-state index contributed by atoms with van der Waals surface area (Å²) in [6.07, 6.45) is 18.8. The predicted octanol–water partition coefficient (Wildman–Crippen LogP) is 8.10. The number of rotatable bonds is 12. The third-order valence-corrected chi connectivity index (χ3v) is 6.40. The highest BCUT2D eigenvalue weighted by molar-refractivity contribution is 5.22. The van der Waals surface area contributed by atoms with Crippen molar-refractivity contribution < 1.29 is 4.39 Å². The second kappa shape index (κ2) is 13.5. The second-order valence-corrected chi connectivity index (χ2v) is 8.65. The highest BCUT2D eigenvalue weighted by Crippen LogP contribution is 2.34. The summed E-state index contributed by atoms with van der Waals surface area (Å²) in [5, 5.41) is 8.45. The maximum absolute atomic E-state index is 12.8. The molecule has 0 aromatic heterocycles. The average Bonchev–Trinajstić information content (AvgIpc) is 2.73. The van der Waals surface area contributed by atoms with Gasteiger partial charge in [0.1, 0.15) is 6.07 Å². The molecule has 0 bridgehead atoms. The van der Waals surface area contributed by atoms with Crippen LogP contribution in [0.5, 0.6) is 0 Å². The minimum absolute atomic E-state index is 0.629. The zero-order valence-electron chi connectivity index (χ0n) is 17.8. The molecule has 1 aromatic rings. The van der Waals surface area contributed by atoms with E-state index in [9.17, 15) is 4.39 Å². The van der Waals surface area contributed by atoms with E-state index in [2.05, 4.69) is 31.2 Å². The lowest BCUT2D eigenvalue weighted by atomic mass is 9.78. The van der Waals surface area contributed by atoms with Crippen molar-refractivity contribution in [3.8, 4) is 6.07 Å². The van der Waals surface area contributed by atoms with Crippen molar-refractivity contribution in [1.82, 2.24) is 0 Å². The first-order chi connectivity index (χ1) is 13.7. The van der Waals surface area contributed by atoms with E-state index < -0.39 is 5.83 Å². The van der Waals surface area contributed by atoms with Gasteiger partial charge >= 0.3 is 0 Å². The molecule has 1 fully saturated rings. The summed E-state index contributed by atoms with van der Waals surface area (Å²) in [6.45, 7) is 2.27. The standard InChI is InChI=1S/C26H38FN/c1-2-3-4-5-6-8-22-11-15-24(16-12-22)19-20-25-17-13-23(14-18-25)9-7-10-26(27)21-28/h10-12,15-16,23,25H,2-9,13-14,17-20H2,1H3. The van der Waals surface area contributed by atoms with E-state index in [0.717, 1.165) is 18.3 Å². The van der Waals surface area contributed by atoms with Crippen molar-refractivity contribution in [3.63, 3.8) is 0 Å². The van der Waals surface area contributed by atoms with E-state index in [1.54, 1.807) is 6.07 Å². The van der Waals surface area contributed by atoms with Crippen LogP contribution in [0.15, 0.2) is 36.2 Å². The number of aryl methyl sites for hydroxylation is 2. The van der Waals surface area contributed by atoms with Crippen molar-refractivity contribution in [3.05, 3.63) is 47.3 Å². The quantitative estimate of drug-likeness (QED) is 0.264. The van der Waals surface area contributed by atoms with Crippen LogP contribution in [0.3, 0.4) is 0 Å². The van der Waals surface area contributed by atoms with Gasteiger partial charge in [0.2, 0.25) is 0 Å². The minimum Gasteiger partial charge on any atom is -0.195 e. The van der Waals surface area contributed by atoms with Gasteiger partial charge in [-0.15, -0.1) is 0 Å². The van der Waals surface area contributed by atoms with Crippen molar-refractivity contribution >= 4 is 0 Å². The summed E-state index contributed by atoms with van der Waals surface area (Å²) in [4.78, 5) is 0. The SMILES string of the molecule is CCCCCCCc1ccc(CCC2CCC(CCC=C(F)C#N)CC2)cc1. The molecule has 1 saturated carbocycles. The maximum Gasteiger partial charge on any atom is 0.196 e. The van der Waals surface area contributed by atoms with Crippen LogP contribution in [-0.2, 0) is 12.8 Å². The summed E-state index contributed by atoms with van der Waals surface area (Å²) in [5.41, 5.74) is 2.97. The third kappa shape index (κ3) is 9.05. The normalized spacial score (nSPS) is 20.1. The van der Waals surface area contributed by atoms with Crippen LogP contribution >= 0.6 is 0 Å². The van der Waals surface area contributed by atoms with Gasteiger partial charge in [0.25, 0.3) is 0 Å². The fraction of sp³-hybridized carbons (Fsp3) is 0.654. The summed E-state index contributed by atoms with van der Waals surface area (Å²) >= 11 is 0. The maximum atomic E-state index is 12.8. The van der Waals surface area contributed by atoms with Crippen molar-refractivity contribution in [2.24, 2.45) is 11.8 Å². The zero-order chi connectivity index (χ0) is 20.0. The Kier molecular flexibility index (Phi) is 11.0. The van der Waals surface area contributed by atoms with Gasteiger partial charge in [-0.25, -0.2) is 0 Å². The van der Waals surface area contributed by atoms with Crippen LogP contribution < -0.4 is 0 Å². The van der Waals surface area contributed by atoms with Crippen LogP contribution in [0, 0.1) is 23.2 Å². The molecule has 0 amide bonds. The van der Waals surface area contributed by atoms with E-state index in [4.69, 9.17) is 5.26 Å². The lowest BCUT2D eigenvalue weighted by molar-refractivity contribution is 0.254. The number of unbranched alkanes of at least 4 members (excludes halogenated alkanes) is 4. The Hall–Kier alpha value is -1.62. The summed E-state index contributed by atoms with van der Waals surface area (Å²) in [5.74, 6) is 0.938. The second-order valence-electron chi connectivity index (χ2n) is 8.65. The molecule has 28 heavy (non-hydrogen) atoms. The molecule has 0 N–H and O–H groups in total. The fourth-order valence-corrected chi connectivity index (χ4v) is 4.48.